The van der Waals surface area contributed by atoms with E-state index in [0.717, 1.165) is 28.1 Å². The quantitative estimate of drug-likeness (QED) is 0.263. The molecule has 1 atom stereocenters. The molecule has 200 valence electrons. The summed E-state index contributed by atoms with van der Waals surface area (Å²) >= 11 is 5.98. The molecule has 0 saturated carbocycles. The van der Waals surface area contributed by atoms with Gasteiger partial charge in [-0.25, -0.2) is 18.2 Å². The molecule has 4 rings (SSSR count). The Bertz CT molecular complexity index is 1530. The van der Waals surface area contributed by atoms with Crippen LogP contribution in [0, 0.1) is 12.8 Å². The van der Waals surface area contributed by atoms with E-state index in [1.54, 1.807) is 48.7 Å². The molecule has 38 heavy (non-hydrogen) atoms. The maximum absolute atomic E-state index is 13.5. The number of hydrogen-bond acceptors (Lipinski definition) is 6. The highest BCUT2D eigenvalue weighted by Gasteiger charge is 2.30. The predicted octanol–water partition coefficient (Wildman–Crippen LogP) is 5.40. The molecule has 0 aliphatic rings. The monoisotopic (exact) mass is 554 g/mol. The zero-order valence-corrected chi connectivity index (χ0v) is 23.4. The van der Waals surface area contributed by atoms with Crippen LogP contribution >= 0.6 is 11.6 Å². The molecule has 0 spiro atoms. The number of ether oxygens (including phenoxy) is 1. The van der Waals surface area contributed by atoms with Gasteiger partial charge in [0.1, 0.15) is 17.9 Å². The Morgan fingerprint density at radius 3 is 2.55 bits per heavy atom. The summed E-state index contributed by atoms with van der Waals surface area (Å²) in [6, 6.07) is 14.6. The highest BCUT2D eigenvalue weighted by Crippen LogP contribution is 2.23. The molecule has 0 aliphatic carbocycles. The molecule has 0 saturated heterocycles. The summed E-state index contributed by atoms with van der Waals surface area (Å²) in [7, 11) is -2.31. The second kappa shape index (κ2) is 11.6. The molecule has 0 radical (unpaired) electrons. The van der Waals surface area contributed by atoms with Crippen LogP contribution < -0.4 is 0 Å². The topological polar surface area (TPSA) is 105 Å². The van der Waals surface area contributed by atoms with Crippen molar-refractivity contribution in [2.24, 2.45) is 5.92 Å². The molecule has 1 N–H and O–H groups in total. The highest BCUT2D eigenvalue weighted by atomic mass is 35.5. The van der Waals surface area contributed by atoms with Crippen LogP contribution in [0.25, 0.3) is 11.0 Å². The number of aromatic nitrogens is 3. The first-order chi connectivity index (χ1) is 18.0. The molecule has 2 aromatic carbocycles. The second-order valence-electron chi connectivity index (χ2n) is 9.71. The molecular weight excluding hydrogens is 524 g/mol. The molecule has 2 aromatic heterocycles. The van der Waals surface area contributed by atoms with E-state index in [9.17, 15) is 13.2 Å². The lowest BCUT2D eigenvalue weighted by Crippen LogP contribution is -2.41. The normalized spacial score (nSPS) is 12.8. The van der Waals surface area contributed by atoms with Crippen molar-refractivity contribution >= 4 is 38.6 Å². The fraction of sp³-hybridized carbons (Fsp3) is 0.321. The smallest absolute Gasteiger partial charge is 0.338 e. The highest BCUT2D eigenvalue weighted by molar-refractivity contribution is 7.89. The summed E-state index contributed by atoms with van der Waals surface area (Å²) < 4.78 is 33.8. The van der Waals surface area contributed by atoms with Gasteiger partial charge in [0.25, 0.3) is 0 Å². The van der Waals surface area contributed by atoms with Crippen LogP contribution in [-0.4, -0.2) is 53.3 Å². The Labute approximate surface area is 228 Å². The number of aromatic amines is 1. The van der Waals surface area contributed by atoms with E-state index in [1.807, 2.05) is 26.8 Å². The summed E-state index contributed by atoms with van der Waals surface area (Å²) in [5.41, 5.74) is 3.78. The van der Waals surface area contributed by atoms with Gasteiger partial charge in [0.05, 0.1) is 27.7 Å². The minimum absolute atomic E-state index is 0.0733. The van der Waals surface area contributed by atoms with Gasteiger partial charge >= 0.3 is 5.97 Å². The molecule has 0 aliphatic heterocycles. The number of benzene rings is 2. The predicted molar refractivity (Wildman–Crippen MR) is 148 cm³/mol. The maximum atomic E-state index is 13.5. The van der Waals surface area contributed by atoms with Crippen molar-refractivity contribution in [2.75, 3.05) is 13.7 Å². The van der Waals surface area contributed by atoms with Gasteiger partial charge in [0.2, 0.25) is 10.0 Å². The van der Waals surface area contributed by atoms with E-state index in [4.69, 9.17) is 16.3 Å². The number of rotatable bonds is 10. The average Bonchev–Trinajstić information content (AvgIpc) is 3.27. The SMILES string of the molecule is Cc1nc2c(Cc3ccc(S(=O)(=O)N(C)[C@H](COC(=O)c4cccc(Cl)c4)CC(C)C)cc3)nccc2[nH]1. The van der Waals surface area contributed by atoms with Crippen molar-refractivity contribution in [2.45, 2.75) is 44.6 Å². The summed E-state index contributed by atoms with van der Waals surface area (Å²) in [5, 5.41) is 0.424. The summed E-state index contributed by atoms with van der Waals surface area (Å²) in [5.74, 6) is 0.450. The van der Waals surface area contributed by atoms with Gasteiger partial charge in [0.15, 0.2) is 0 Å². The molecule has 0 fully saturated rings. The van der Waals surface area contributed by atoms with Crippen molar-refractivity contribution in [3.05, 3.63) is 88.5 Å². The maximum Gasteiger partial charge on any atom is 0.338 e. The third-order valence-corrected chi connectivity index (χ3v) is 8.45. The van der Waals surface area contributed by atoms with Gasteiger partial charge in [-0.3, -0.25) is 4.98 Å². The van der Waals surface area contributed by atoms with E-state index in [0.29, 0.717) is 23.4 Å². The van der Waals surface area contributed by atoms with E-state index in [-0.39, 0.29) is 17.4 Å². The first-order valence-corrected chi connectivity index (χ1v) is 14.2. The van der Waals surface area contributed by atoms with Crippen LogP contribution in [0.1, 0.15) is 47.7 Å². The number of nitrogens with one attached hydrogen (secondary N) is 1. The fourth-order valence-corrected chi connectivity index (χ4v) is 5.86. The number of pyridine rings is 1. The molecule has 0 bridgehead atoms. The number of carbonyl (C=O) groups excluding carboxylic acids is 1. The van der Waals surface area contributed by atoms with Crippen molar-refractivity contribution < 1.29 is 17.9 Å². The van der Waals surface area contributed by atoms with Crippen molar-refractivity contribution in [3.8, 4) is 0 Å². The molecule has 2 heterocycles. The summed E-state index contributed by atoms with van der Waals surface area (Å²) in [6.07, 6.45) is 2.78. The van der Waals surface area contributed by atoms with E-state index >= 15 is 0 Å². The van der Waals surface area contributed by atoms with Crippen molar-refractivity contribution in [1.82, 2.24) is 19.3 Å². The van der Waals surface area contributed by atoms with Gasteiger partial charge in [0, 0.05) is 24.7 Å². The van der Waals surface area contributed by atoms with Gasteiger partial charge in [-0.05, 0) is 61.2 Å². The van der Waals surface area contributed by atoms with Gasteiger partial charge in [-0.15, -0.1) is 0 Å². The largest absolute Gasteiger partial charge is 0.460 e. The Hall–Kier alpha value is -3.27. The Morgan fingerprint density at radius 2 is 1.87 bits per heavy atom. The number of hydrogen-bond donors (Lipinski definition) is 1. The molecule has 8 nitrogen and oxygen atoms in total. The number of aryl methyl sites for hydroxylation is 1. The minimum atomic E-state index is -3.84. The van der Waals surface area contributed by atoms with Gasteiger partial charge in [-0.2, -0.15) is 4.31 Å². The van der Waals surface area contributed by atoms with Crippen molar-refractivity contribution in [3.63, 3.8) is 0 Å². The number of fused-ring (bicyclic) bond motifs is 1. The van der Waals surface area contributed by atoms with Crippen LogP contribution in [-0.2, 0) is 21.2 Å². The van der Waals surface area contributed by atoms with Crippen LogP contribution in [0.3, 0.4) is 0 Å². The summed E-state index contributed by atoms with van der Waals surface area (Å²) in [6.45, 7) is 5.81. The first kappa shape index (κ1) is 27.8. The van der Waals surface area contributed by atoms with Gasteiger partial charge in [-0.1, -0.05) is 43.6 Å². The zero-order chi connectivity index (χ0) is 27.4. The Balaban J connectivity index is 1.49. The lowest BCUT2D eigenvalue weighted by Gasteiger charge is -2.28. The lowest BCUT2D eigenvalue weighted by molar-refractivity contribution is 0.0415. The van der Waals surface area contributed by atoms with E-state index in [2.05, 4.69) is 15.0 Å². The minimum Gasteiger partial charge on any atom is -0.460 e. The van der Waals surface area contributed by atoms with Crippen LogP contribution in [0.15, 0.2) is 65.7 Å². The molecular formula is C28H31ClN4O4S. The molecule has 10 heteroatoms. The molecule has 0 amide bonds. The standard InChI is InChI=1S/C28H31ClN4O4S/c1-18(2)14-23(17-37-28(34)21-6-5-7-22(29)16-21)33(4)38(35,36)24-10-8-20(9-11-24)15-26-27-25(12-13-30-26)31-19(3)32-27/h5-13,16,18,23H,14-15,17H2,1-4H3,(H,31,32)/t23-/m0/s1. The number of carbonyl (C=O) groups is 1. The number of nitrogens with zero attached hydrogens (tertiary/aromatic N) is 3. The third kappa shape index (κ3) is 6.40. The van der Waals surface area contributed by atoms with Gasteiger partial charge < -0.3 is 9.72 Å². The van der Waals surface area contributed by atoms with Crippen LogP contribution in [0.5, 0.6) is 0 Å². The van der Waals surface area contributed by atoms with E-state index < -0.39 is 22.0 Å². The Kier molecular flexibility index (Phi) is 8.50. The average molecular weight is 555 g/mol. The lowest BCUT2D eigenvalue weighted by atomic mass is 10.0. The molecule has 0 unspecified atom stereocenters. The first-order valence-electron chi connectivity index (χ1n) is 12.3. The fourth-order valence-electron chi connectivity index (χ4n) is 4.31. The number of sulfonamides is 1. The van der Waals surface area contributed by atoms with E-state index in [1.165, 1.54) is 17.4 Å². The Morgan fingerprint density at radius 1 is 1.13 bits per heavy atom. The number of esters is 1. The number of H-pyrrole nitrogens is 1. The van der Waals surface area contributed by atoms with Crippen LogP contribution in [0.2, 0.25) is 5.02 Å². The third-order valence-electron chi connectivity index (χ3n) is 6.29. The van der Waals surface area contributed by atoms with Crippen molar-refractivity contribution in [1.29, 1.82) is 0 Å². The molecule has 4 aromatic rings. The summed E-state index contributed by atoms with van der Waals surface area (Å²) in [4.78, 5) is 24.9. The van der Waals surface area contributed by atoms with Crippen LogP contribution in [0.4, 0.5) is 0 Å². The number of likely N-dealkylation sites (N-methyl/N-ethyl adjacent to an activating group) is 1. The second-order valence-corrected chi connectivity index (χ2v) is 12.1. The zero-order valence-electron chi connectivity index (χ0n) is 21.8. The number of halogens is 1. The number of imidazole rings is 1.